The maximum atomic E-state index is 12.6. The van der Waals surface area contributed by atoms with Gasteiger partial charge in [0.1, 0.15) is 17.8 Å². The van der Waals surface area contributed by atoms with E-state index in [4.69, 9.17) is 0 Å². The molecular weight excluding hydrogens is 330 g/mol. The van der Waals surface area contributed by atoms with E-state index in [1.807, 2.05) is 25.2 Å². The molecule has 3 aromatic heterocycles. The minimum Gasteiger partial charge on any atom is -0.342 e. The van der Waals surface area contributed by atoms with Crippen molar-refractivity contribution in [2.24, 2.45) is 13.0 Å². The van der Waals surface area contributed by atoms with Crippen LogP contribution in [0.4, 0.5) is 0 Å². The molecule has 0 saturated carbocycles. The standard InChI is InChI=1S/C18H21N7O/c1-12(2)8-15(17-22-11-23-25(17)3)24-18(26)13-9-20-16(21-10-13)14-6-4-5-7-19-14/h4-7,9-12,15H,8H2,1-3H3,(H,24,26). The Bertz CT molecular complexity index is 859. The summed E-state index contributed by atoms with van der Waals surface area (Å²) in [5.41, 5.74) is 1.05. The zero-order valence-corrected chi connectivity index (χ0v) is 15.0. The van der Waals surface area contributed by atoms with Crippen molar-refractivity contribution >= 4 is 5.91 Å². The van der Waals surface area contributed by atoms with E-state index in [0.717, 1.165) is 12.2 Å². The molecule has 0 aromatic carbocycles. The van der Waals surface area contributed by atoms with Gasteiger partial charge >= 0.3 is 0 Å². The minimum absolute atomic E-state index is 0.231. The number of nitrogens with one attached hydrogen (secondary N) is 1. The lowest BCUT2D eigenvalue weighted by Crippen LogP contribution is -2.31. The summed E-state index contributed by atoms with van der Waals surface area (Å²) >= 11 is 0. The van der Waals surface area contributed by atoms with E-state index in [1.165, 1.54) is 18.7 Å². The molecule has 1 N–H and O–H groups in total. The van der Waals surface area contributed by atoms with Crippen molar-refractivity contribution in [3.05, 3.63) is 54.5 Å². The normalized spacial score (nSPS) is 12.2. The molecule has 0 aliphatic carbocycles. The van der Waals surface area contributed by atoms with Crippen LogP contribution in [0.5, 0.6) is 0 Å². The van der Waals surface area contributed by atoms with Gasteiger partial charge in [-0.15, -0.1) is 0 Å². The Balaban J connectivity index is 1.76. The summed E-state index contributed by atoms with van der Waals surface area (Å²) in [5, 5.41) is 7.10. The Kier molecular flexibility index (Phi) is 5.31. The highest BCUT2D eigenvalue weighted by Gasteiger charge is 2.21. The van der Waals surface area contributed by atoms with Gasteiger partial charge in [-0.25, -0.2) is 15.0 Å². The summed E-state index contributed by atoms with van der Waals surface area (Å²) in [6.45, 7) is 4.20. The van der Waals surface area contributed by atoms with Gasteiger partial charge in [-0.1, -0.05) is 19.9 Å². The number of hydrogen-bond acceptors (Lipinski definition) is 6. The molecule has 0 aliphatic heterocycles. The van der Waals surface area contributed by atoms with Crippen molar-refractivity contribution < 1.29 is 4.79 Å². The monoisotopic (exact) mass is 351 g/mol. The first-order valence-corrected chi connectivity index (χ1v) is 8.42. The molecule has 1 amide bonds. The third kappa shape index (κ3) is 4.08. The third-order valence-corrected chi connectivity index (χ3v) is 3.88. The number of carbonyl (C=O) groups excluding carboxylic acids is 1. The van der Waals surface area contributed by atoms with Crippen LogP contribution in [-0.2, 0) is 7.05 Å². The Morgan fingerprint density at radius 2 is 1.92 bits per heavy atom. The molecule has 0 radical (unpaired) electrons. The van der Waals surface area contributed by atoms with Crippen molar-refractivity contribution in [3.63, 3.8) is 0 Å². The summed E-state index contributed by atoms with van der Waals surface area (Å²) in [5.74, 6) is 1.35. The van der Waals surface area contributed by atoms with Gasteiger partial charge < -0.3 is 5.32 Å². The predicted octanol–water partition coefficient (Wildman–Crippen LogP) is 2.18. The summed E-state index contributed by atoms with van der Waals surface area (Å²) < 4.78 is 1.67. The largest absolute Gasteiger partial charge is 0.342 e. The minimum atomic E-state index is -0.244. The summed E-state index contributed by atoms with van der Waals surface area (Å²) in [6, 6.07) is 5.28. The van der Waals surface area contributed by atoms with Crippen molar-refractivity contribution in [1.82, 2.24) is 35.0 Å². The molecule has 0 bridgehead atoms. The van der Waals surface area contributed by atoms with Crippen LogP contribution in [0.3, 0.4) is 0 Å². The predicted molar refractivity (Wildman–Crippen MR) is 95.9 cm³/mol. The Labute approximate surface area is 151 Å². The summed E-state index contributed by atoms with van der Waals surface area (Å²) in [6.07, 6.45) is 6.94. The fourth-order valence-electron chi connectivity index (χ4n) is 2.64. The molecule has 0 spiro atoms. The average Bonchev–Trinajstić information content (AvgIpc) is 3.07. The van der Waals surface area contributed by atoms with E-state index in [-0.39, 0.29) is 11.9 Å². The van der Waals surface area contributed by atoms with Gasteiger partial charge in [0.05, 0.1) is 11.6 Å². The molecule has 3 heterocycles. The molecule has 3 rings (SSSR count). The highest BCUT2D eigenvalue weighted by atomic mass is 16.1. The van der Waals surface area contributed by atoms with Gasteiger partial charge in [-0.2, -0.15) is 5.10 Å². The van der Waals surface area contributed by atoms with Gasteiger partial charge in [0.25, 0.3) is 5.91 Å². The first-order valence-electron chi connectivity index (χ1n) is 8.42. The molecule has 1 unspecified atom stereocenters. The van der Waals surface area contributed by atoms with Crippen LogP contribution in [-0.4, -0.2) is 35.6 Å². The van der Waals surface area contributed by atoms with E-state index in [1.54, 1.807) is 10.9 Å². The zero-order chi connectivity index (χ0) is 18.5. The van der Waals surface area contributed by atoms with Crippen LogP contribution in [0.2, 0.25) is 0 Å². The maximum Gasteiger partial charge on any atom is 0.255 e. The van der Waals surface area contributed by atoms with Crippen molar-refractivity contribution in [1.29, 1.82) is 0 Å². The molecule has 8 nitrogen and oxygen atoms in total. The number of pyridine rings is 1. The van der Waals surface area contributed by atoms with Gasteiger partial charge in [0, 0.05) is 25.6 Å². The molecule has 0 saturated heterocycles. The summed E-state index contributed by atoms with van der Waals surface area (Å²) in [4.78, 5) is 29.6. The van der Waals surface area contributed by atoms with Gasteiger partial charge in [-0.05, 0) is 24.5 Å². The second kappa shape index (κ2) is 7.81. The smallest absolute Gasteiger partial charge is 0.255 e. The lowest BCUT2D eigenvalue weighted by atomic mass is 10.0. The highest BCUT2D eigenvalue weighted by Crippen LogP contribution is 2.19. The van der Waals surface area contributed by atoms with E-state index in [2.05, 4.69) is 44.2 Å². The van der Waals surface area contributed by atoms with Crippen molar-refractivity contribution in [3.8, 4) is 11.5 Å². The fraction of sp³-hybridized carbons (Fsp3) is 0.333. The van der Waals surface area contributed by atoms with Gasteiger partial charge in [0.2, 0.25) is 0 Å². The van der Waals surface area contributed by atoms with Gasteiger partial charge in [-0.3, -0.25) is 14.5 Å². The van der Waals surface area contributed by atoms with E-state index in [9.17, 15) is 4.79 Å². The quantitative estimate of drug-likeness (QED) is 0.731. The molecule has 1 atom stereocenters. The SMILES string of the molecule is CC(C)CC(NC(=O)c1cnc(-c2ccccn2)nc1)c1ncnn1C. The van der Waals surface area contributed by atoms with Crippen LogP contribution in [0.25, 0.3) is 11.5 Å². The van der Waals surface area contributed by atoms with Crippen LogP contribution < -0.4 is 5.32 Å². The number of amides is 1. The van der Waals surface area contributed by atoms with Crippen molar-refractivity contribution in [2.45, 2.75) is 26.3 Å². The first kappa shape index (κ1) is 17.7. The second-order valence-corrected chi connectivity index (χ2v) is 6.41. The average molecular weight is 351 g/mol. The molecule has 8 heteroatoms. The van der Waals surface area contributed by atoms with Crippen LogP contribution >= 0.6 is 0 Å². The lowest BCUT2D eigenvalue weighted by Gasteiger charge is -2.19. The number of nitrogens with zero attached hydrogens (tertiary/aromatic N) is 6. The molecule has 134 valence electrons. The Morgan fingerprint density at radius 1 is 1.15 bits per heavy atom. The number of aromatic nitrogens is 6. The van der Waals surface area contributed by atoms with E-state index < -0.39 is 0 Å². The van der Waals surface area contributed by atoms with Crippen molar-refractivity contribution in [2.75, 3.05) is 0 Å². The highest BCUT2D eigenvalue weighted by molar-refractivity contribution is 5.93. The molecule has 0 fully saturated rings. The summed E-state index contributed by atoms with van der Waals surface area (Å²) in [7, 11) is 1.81. The Hall–Kier alpha value is -3.16. The number of aryl methyl sites for hydroxylation is 1. The third-order valence-electron chi connectivity index (χ3n) is 3.88. The topological polar surface area (TPSA) is 98.5 Å². The maximum absolute atomic E-state index is 12.6. The molecule has 0 aliphatic rings. The van der Waals surface area contributed by atoms with Crippen LogP contribution in [0.1, 0.15) is 42.5 Å². The number of hydrogen-bond donors (Lipinski definition) is 1. The Morgan fingerprint density at radius 3 is 2.50 bits per heavy atom. The number of carbonyl (C=O) groups is 1. The molecule has 3 aromatic rings. The van der Waals surface area contributed by atoms with Gasteiger partial charge in [0.15, 0.2) is 5.82 Å². The van der Waals surface area contributed by atoms with Crippen LogP contribution in [0.15, 0.2) is 43.1 Å². The van der Waals surface area contributed by atoms with Crippen LogP contribution in [0, 0.1) is 5.92 Å². The first-order chi connectivity index (χ1) is 12.5. The van der Waals surface area contributed by atoms with E-state index in [0.29, 0.717) is 23.0 Å². The molecule has 26 heavy (non-hydrogen) atoms. The zero-order valence-electron chi connectivity index (χ0n) is 15.0. The fourth-order valence-corrected chi connectivity index (χ4v) is 2.64. The van der Waals surface area contributed by atoms with E-state index >= 15 is 0 Å². The lowest BCUT2D eigenvalue weighted by molar-refractivity contribution is 0.0928. The molecular formula is C18H21N7O. The number of rotatable bonds is 6. The second-order valence-electron chi connectivity index (χ2n) is 6.41.